The molecule has 47 heavy (non-hydrogen) atoms. The van der Waals surface area contributed by atoms with Crippen LogP contribution in [0.3, 0.4) is 0 Å². The Morgan fingerprint density at radius 2 is 1.11 bits per heavy atom. The number of hydrogen-bond acceptors (Lipinski definition) is 9. The van der Waals surface area contributed by atoms with Gasteiger partial charge < -0.3 is 25.0 Å². The largest absolute Gasteiger partial charge is 0.497 e. The second kappa shape index (κ2) is 15.2. The van der Waals surface area contributed by atoms with E-state index < -0.39 is 11.9 Å². The third-order valence-corrected chi connectivity index (χ3v) is 8.40. The average Bonchev–Trinajstić information content (AvgIpc) is 3.16. The van der Waals surface area contributed by atoms with E-state index in [2.05, 4.69) is 25.1 Å². The van der Waals surface area contributed by atoms with E-state index in [4.69, 9.17) is 9.47 Å². The molecule has 3 N–H and O–H groups in total. The van der Waals surface area contributed by atoms with Crippen LogP contribution in [0.25, 0.3) is 22.3 Å². The standard InChI is InChI=1S/C36H41N5O6/c1-23-15-29(46-3)5-7-31(23)25-17-27(38-33(19-25)35(42)43)21-40-11-9-37-10-12-41(14-13-40)22-28-18-26(20-34(39-28)36(44)45)32-8-6-30(47-4)16-24(32)2/h5-8,15-20,37H,9-14,21-22H2,1-4H3,(H,42,43)(H,44,45). The van der Waals surface area contributed by atoms with Gasteiger partial charge >= 0.3 is 11.9 Å². The number of carboxylic acid groups (broad SMARTS) is 2. The van der Waals surface area contributed by atoms with Crippen molar-refractivity contribution < 1.29 is 29.3 Å². The predicted molar refractivity (Wildman–Crippen MR) is 179 cm³/mol. The fourth-order valence-electron chi connectivity index (χ4n) is 5.92. The topological polar surface area (TPSA) is 137 Å². The summed E-state index contributed by atoms with van der Waals surface area (Å²) in [5, 5.41) is 23.2. The van der Waals surface area contributed by atoms with Gasteiger partial charge in [-0.15, -0.1) is 0 Å². The SMILES string of the molecule is COc1ccc(-c2cc(CN3CCNCCN(Cc4cc(-c5ccc(OC)cc5C)cc(C(=O)O)n4)CC3)nc(C(=O)O)c2)c(C)c1. The summed E-state index contributed by atoms with van der Waals surface area (Å²) in [5.41, 5.74) is 6.76. The van der Waals surface area contributed by atoms with Crippen LogP contribution < -0.4 is 14.8 Å². The molecule has 0 spiro atoms. The molecule has 4 aromatic rings. The molecule has 0 bridgehead atoms. The molecule has 0 aliphatic carbocycles. The molecule has 0 amide bonds. The molecule has 2 aromatic heterocycles. The zero-order chi connectivity index (χ0) is 33.5. The molecular formula is C36H41N5O6. The quantitative estimate of drug-likeness (QED) is 0.222. The Labute approximate surface area is 274 Å². The molecule has 1 saturated heterocycles. The van der Waals surface area contributed by atoms with E-state index in [0.29, 0.717) is 37.6 Å². The number of benzene rings is 2. The molecule has 2 aromatic carbocycles. The number of aryl methyl sites for hydroxylation is 2. The smallest absolute Gasteiger partial charge is 0.354 e. The van der Waals surface area contributed by atoms with Crippen molar-refractivity contribution in [3.8, 4) is 33.8 Å². The van der Waals surface area contributed by atoms with E-state index in [-0.39, 0.29) is 11.4 Å². The van der Waals surface area contributed by atoms with E-state index in [1.807, 2.05) is 62.4 Å². The molecule has 5 rings (SSSR count). The van der Waals surface area contributed by atoms with E-state index in [1.54, 1.807) is 26.4 Å². The molecule has 246 valence electrons. The lowest BCUT2D eigenvalue weighted by Crippen LogP contribution is -2.36. The Morgan fingerprint density at radius 3 is 1.47 bits per heavy atom. The Bertz CT molecular complexity index is 1630. The van der Waals surface area contributed by atoms with Crippen LogP contribution in [0.4, 0.5) is 0 Å². The number of carbonyl (C=O) groups is 2. The van der Waals surface area contributed by atoms with Gasteiger partial charge in [0.05, 0.1) is 25.6 Å². The lowest BCUT2D eigenvalue weighted by Gasteiger charge is -2.26. The van der Waals surface area contributed by atoms with Crippen molar-refractivity contribution in [1.29, 1.82) is 0 Å². The minimum Gasteiger partial charge on any atom is -0.497 e. The van der Waals surface area contributed by atoms with Crippen LogP contribution in [-0.2, 0) is 13.1 Å². The van der Waals surface area contributed by atoms with Crippen LogP contribution >= 0.6 is 0 Å². The van der Waals surface area contributed by atoms with Crippen molar-refractivity contribution in [2.24, 2.45) is 0 Å². The highest BCUT2D eigenvalue weighted by molar-refractivity contribution is 5.88. The molecule has 3 heterocycles. The van der Waals surface area contributed by atoms with Crippen molar-refractivity contribution in [2.45, 2.75) is 26.9 Å². The van der Waals surface area contributed by atoms with Crippen LogP contribution in [0.5, 0.6) is 11.5 Å². The molecule has 11 heteroatoms. The highest BCUT2D eigenvalue weighted by atomic mass is 16.5. The van der Waals surface area contributed by atoms with Crippen LogP contribution in [0.2, 0.25) is 0 Å². The number of ether oxygens (including phenoxy) is 2. The number of nitrogens with zero attached hydrogens (tertiary/aromatic N) is 4. The molecular weight excluding hydrogens is 598 g/mol. The summed E-state index contributed by atoms with van der Waals surface area (Å²) >= 11 is 0. The lowest BCUT2D eigenvalue weighted by atomic mass is 9.99. The summed E-state index contributed by atoms with van der Waals surface area (Å²) < 4.78 is 10.7. The van der Waals surface area contributed by atoms with Gasteiger partial charge in [0, 0.05) is 52.4 Å². The number of pyridine rings is 2. The van der Waals surface area contributed by atoms with Crippen molar-refractivity contribution >= 4 is 11.9 Å². The van der Waals surface area contributed by atoms with Crippen molar-refractivity contribution in [3.05, 3.63) is 94.6 Å². The summed E-state index contributed by atoms with van der Waals surface area (Å²) in [7, 11) is 3.24. The van der Waals surface area contributed by atoms with Gasteiger partial charge in [-0.05, 0) is 95.8 Å². The third kappa shape index (κ3) is 8.50. The summed E-state index contributed by atoms with van der Waals surface area (Å²) in [4.78, 5) is 37.6. The maximum absolute atomic E-state index is 12.0. The number of carboxylic acids is 2. The van der Waals surface area contributed by atoms with Gasteiger partial charge in [0.15, 0.2) is 0 Å². The summed E-state index contributed by atoms with van der Waals surface area (Å²) in [6.45, 7) is 9.38. The van der Waals surface area contributed by atoms with Gasteiger partial charge in [0.1, 0.15) is 22.9 Å². The first-order valence-electron chi connectivity index (χ1n) is 15.6. The molecule has 0 saturated carbocycles. The summed E-state index contributed by atoms with van der Waals surface area (Å²) in [6, 6.07) is 18.6. The number of aromatic carboxylic acids is 2. The highest BCUT2D eigenvalue weighted by Crippen LogP contribution is 2.30. The van der Waals surface area contributed by atoms with E-state index in [1.165, 1.54) is 0 Å². The molecule has 0 radical (unpaired) electrons. The summed E-state index contributed by atoms with van der Waals surface area (Å²) in [6.07, 6.45) is 0. The van der Waals surface area contributed by atoms with Crippen LogP contribution in [0, 0.1) is 13.8 Å². The van der Waals surface area contributed by atoms with E-state index in [0.717, 1.165) is 71.1 Å². The third-order valence-electron chi connectivity index (χ3n) is 8.40. The van der Waals surface area contributed by atoms with Crippen LogP contribution in [0.15, 0.2) is 60.7 Å². The van der Waals surface area contributed by atoms with Crippen LogP contribution in [0.1, 0.15) is 43.5 Å². The van der Waals surface area contributed by atoms with Crippen molar-refractivity contribution in [1.82, 2.24) is 25.1 Å². The normalized spacial score (nSPS) is 14.6. The number of methoxy groups -OCH3 is 2. The van der Waals surface area contributed by atoms with Gasteiger partial charge in [-0.2, -0.15) is 0 Å². The molecule has 1 aliphatic rings. The average molecular weight is 640 g/mol. The molecule has 0 unspecified atom stereocenters. The fraction of sp³-hybridized carbons (Fsp3) is 0.333. The Hall–Kier alpha value is -4.84. The Balaban J connectivity index is 1.36. The number of nitrogens with one attached hydrogen (secondary N) is 1. The molecule has 1 aliphatic heterocycles. The van der Waals surface area contributed by atoms with Crippen molar-refractivity contribution in [2.75, 3.05) is 53.5 Å². The van der Waals surface area contributed by atoms with Gasteiger partial charge in [-0.3, -0.25) is 9.80 Å². The monoisotopic (exact) mass is 639 g/mol. The van der Waals surface area contributed by atoms with Gasteiger partial charge in [0.25, 0.3) is 0 Å². The first kappa shape index (κ1) is 33.5. The fourth-order valence-corrected chi connectivity index (χ4v) is 5.92. The number of rotatable bonds is 10. The highest BCUT2D eigenvalue weighted by Gasteiger charge is 2.19. The van der Waals surface area contributed by atoms with Gasteiger partial charge in [-0.25, -0.2) is 19.6 Å². The zero-order valence-corrected chi connectivity index (χ0v) is 27.2. The maximum atomic E-state index is 12.0. The van der Waals surface area contributed by atoms with Crippen LogP contribution in [-0.4, -0.2) is 95.4 Å². The molecule has 11 nitrogen and oxygen atoms in total. The van der Waals surface area contributed by atoms with E-state index >= 15 is 0 Å². The predicted octanol–water partition coefficient (Wildman–Crippen LogP) is 4.75. The van der Waals surface area contributed by atoms with Gasteiger partial charge in [-0.1, -0.05) is 12.1 Å². The van der Waals surface area contributed by atoms with E-state index in [9.17, 15) is 19.8 Å². The second-order valence-corrected chi connectivity index (χ2v) is 11.7. The minimum atomic E-state index is -1.07. The molecule has 0 atom stereocenters. The first-order chi connectivity index (χ1) is 22.6. The minimum absolute atomic E-state index is 0.00373. The molecule has 1 fully saturated rings. The number of aromatic nitrogens is 2. The summed E-state index contributed by atoms with van der Waals surface area (Å²) in [5.74, 6) is -0.664. The lowest BCUT2D eigenvalue weighted by molar-refractivity contribution is 0.0679. The first-order valence-corrected chi connectivity index (χ1v) is 15.6. The van der Waals surface area contributed by atoms with Crippen molar-refractivity contribution in [3.63, 3.8) is 0 Å². The number of hydrogen-bond donors (Lipinski definition) is 3. The Kier molecular flexibility index (Phi) is 10.8. The van der Waals surface area contributed by atoms with Gasteiger partial charge in [0.2, 0.25) is 0 Å². The maximum Gasteiger partial charge on any atom is 0.354 e. The zero-order valence-electron chi connectivity index (χ0n) is 27.2. The second-order valence-electron chi connectivity index (χ2n) is 11.7. The Morgan fingerprint density at radius 1 is 0.681 bits per heavy atom.